The SMILES string of the molecule is CCC(C)(NC(=O)CCC(C)(C)C)C(=O)O. The third kappa shape index (κ3) is 5.14. The second-order valence-corrected chi connectivity index (χ2v) is 5.60. The van der Waals surface area contributed by atoms with E-state index in [-0.39, 0.29) is 11.3 Å². The van der Waals surface area contributed by atoms with Crippen molar-refractivity contribution in [1.82, 2.24) is 5.32 Å². The van der Waals surface area contributed by atoms with Gasteiger partial charge in [0.2, 0.25) is 5.91 Å². The van der Waals surface area contributed by atoms with Gasteiger partial charge in [0.15, 0.2) is 0 Å². The normalized spacial score (nSPS) is 15.3. The number of nitrogens with one attached hydrogen (secondary N) is 1. The van der Waals surface area contributed by atoms with Gasteiger partial charge in [-0.1, -0.05) is 27.7 Å². The molecule has 0 saturated carbocycles. The van der Waals surface area contributed by atoms with E-state index in [1.165, 1.54) is 6.92 Å². The Kier molecular flexibility index (Phi) is 4.97. The molecule has 16 heavy (non-hydrogen) atoms. The Morgan fingerprint density at radius 1 is 1.19 bits per heavy atom. The summed E-state index contributed by atoms with van der Waals surface area (Å²) >= 11 is 0. The number of carboxylic acids is 1. The van der Waals surface area contributed by atoms with Crippen molar-refractivity contribution < 1.29 is 14.7 Å². The first-order valence-corrected chi connectivity index (χ1v) is 5.65. The summed E-state index contributed by atoms with van der Waals surface area (Å²) in [6.07, 6.45) is 1.49. The fourth-order valence-electron chi connectivity index (χ4n) is 1.15. The lowest BCUT2D eigenvalue weighted by molar-refractivity contribution is -0.147. The molecule has 4 heteroatoms. The molecule has 0 aromatic heterocycles. The van der Waals surface area contributed by atoms with Gasteiger partial charge in [0.05, 0.1) is 0 Å². The van der Waals surface area contributed by atoms with Crippen molar-refractivity contribution in [2.75, 3.05) is 0 Å². The number of hydrogen-bond acceptors (Lipinski definition) is 2. The Bertz CT molecular complexity index is 268. The van der Waals surface area contributed by atoms with Gasteiger partial charge in [-0.25, -0.2) is 4.79 Å². The van der Waals surface area contributed by atoms with Gasteiger partial charge in [-0.3, -0.25) is 4.79 Å². The molecule has 4 nitrogen and oxygen atoms in total. The van der Waals surface area contributed by atoms with Crippen LogP contribution in [0.25, 0.3) is 0 Å². The molecule has 0 aromatic rings. The summed E-state index contributed by atoms with van der Waals surface area (Å²) in [5.74, 6) is -1.18. The van der Waals surface area contributed by atoms with Crippen LogP contribution in [0.15, 0.2) is 0 Å². The molecule has 0 rings (SSSR count). The van der Waals surface area contributed by atoms with Gasteiger partial charge in [0.1, 0.15) is 5.54 Å². The molecule has 0 spiro atoms. The Hall–Kier alpha value is -1.06. The topological polar surface area (TPSA) is 66.4 Å². The van der Waals surface area contributed by atoms with E-state index in [0.29, 0.717) is 12.8 Å². The van der Waals surface area contributed by atoms with E-state index < -0.39 is 11.5 Å². The summed E-state index contributed by atoms with van der Waals surface area (Å²) in [6.45, 7) is 9.44. The zero-order valence-corrected chi connectivity index (χ0v) is 10.9. The van der Waals surface area contributed by atoms with Crippen LogP contribution in [0.3, 0.4) is 0 Å². The maximum Gasteiger partial charge on any atom is 0.329 e. The molecule has 0 heterocycles. The summed E-state index contributed by atoms with van der Waals surface area (Å²) in [7, 11) is 0. The fourth-order valence-corrected chi connectivity index (χ4v) is 1.15. The average molecular weight is 229 g/mol. The van der Waals surface area contributed by atoms with Gasteiger partial charge in [0.25, 0.3) is 0 Å². The van der Waals surface area contributed by atoms with E-state index in [1.807, 2.05) is 0 Å². The van der Waals surface area contributed by atoms with Gasteiger partial charge < -0.3 is 10.4 Å². The lowest BCUT2D eigenvalue weighted by Crippen LogP contribution is -2.51. The molecule has 1 amide bonds. The minimum absolute atomic E-state index is 0.0865. The lowest BCUT2D eigenvalue weighted by atomic mass is 9.90. The highest BCUT2D eigenvalue weighted by atomic mass is 16.4. The standard InChI is InChI=1S/C12H23NO3/c1-6-12(5,10(15)16)13-9(14)7-8-11(2,3)4/h6-8H2,1-5H3,(H,13,14)(H,15,16). The van der Waals surface area contributed by atoms with Crippen molar-refractivity contribution in [2.45, 2.75) is 59.4 Å². The van der Waals surface area contributed by atoms with Crippen LogP contribution in [-0.4, -0.2) is 22.5 Å². The maximum atomic E-state index is 11.6. The highest BCUT2D eigenvalue weighted by Gasteiger charge is 2.32. The van der Waals surface area contributed by atoms with Gasteiger partial charge in [-0.15, -0.1) is 0 Å². The van der Waals surface area contributed by atoms with E-state index in [2.05, 4.69) is 26.1 Å². The Morgan fingerprint density at radius 2 is 1.69 bits per heavy atom. The minimum atomic E-state index is -1.14. The Morgan fingerprint density at radius 3 is 2.00 bits per heavy atom. The van der Waals surface area contributed by atoms with Crippen LogP contribution in [0, 0.1) is 5.41 Å². The first-order valence-electron chi connectivity index (χ1n) is 5.65. The molecule has 0 bridgehead atoms. The molecule has 0 fully saturated rings. The fraction of sp³-hybridized carbons (Fsp3) is 0.833. The number of carboxylic acid groups (broad SMARTS) is 1. The Balaban J connectivity index is 4.28. The number of hydrogen-bond donors (Lipinski definition) is 2. The van der Waals surface area contributed by atoms with Crippen molar-refractivity contribution in [3.8, 4) is 0 Å². The summed E-state index contributed by atoms with van der Waals surface area (Å²) < 4.78 is 0. The van der Waals surface area contributed by atoms with E-state index in [0.717, 1.165) is 6.42 Å². The third-order valence-corrected chi connectivity index (χ3v) is 2.70. The summed E-state index contributed by atoms with van der Waals surface area (Å²) in [6, 6.07) is 0. The lowest BCUT2D eigenvalue weighted by Gasteiger charge is -2.25. The highest BCUT2D eigenvalue weighted by Crippen LogP contribution is 2.20. The van der Waals surface area contributed by atoms with Crippen molar-refractivity contribution in [1.29, 1.82) is 0 Å². The van der Waals surface area contributed by atoms with Crippen LogP contribution in [-0.2, 0) is 9.59 Å². The second kappa shape index (κ2) is 5.32. The van der Waals surface area contributed by atoms with Crippen molar-refractivity contribution in [2.24, 2.45) is 5.41 Å². The minimum Gasteiger partial charge on any atom is -0.480 e. The van der Waals surface area contributed by atoms with Crippen LogP contribution in [0.2, 0.25) is 0 Å². The smallest absolute Gasteiger partial charge is 0.329 e. The zero-order chi connectivity index (χ0) is 13.0. The molecule has 0 aliphatic carbocycles. The highest BCUT2D eigenvalue weighted by molar-refractivity contribution is 5.86. The largest absolute Gasteiger partial charge is 0.480 e. The first kappa shape index (κ1) is 14.9. The van der Waals surface area contributed by atoms with E-state index in [9.17, 15) is 9.59 Å². The molecule has 0 aliphatic rings. The van der Waals surface area contributed by atoms with Gasteiger partial charge >= 0.3 is 5.97 Å². The summed E-state index contributed by atoms with van der Waals surface area (Å²) in [5.41, 5.74) is -1.06. The van der Waals surface area contributed by atoms with Gasteiger partial charge in [-0.2, -0.15) is 0 Å². The maximum absolute atomic E-state index is 11.6. The average Bonchev–Trinajstić information content (AvgIpc) is 2.13. The van der Waals surface area contributed by atoms with Crippen molar-refractivity contribution in [3.05, 3.63) is 0 Å². The van der Waals surface area contributed by atoms with E-state index >= 15 is 0 Å². The van der Waals surface area contributed by atoms with Crippen LogP contribution in [0.5, 0.6) is 0 Å². The Labute approximate surface area is 97.4 Å². The molecular formula is C12H23NO3. The van der Waals surface area contributed by atoms with Crippen LogP contribution in [0.1, 0.15) is 53.9 Å². The zero-order valence-electron chi connectivity index (χ0n) is 10.9. The number of carbonyl (C=O) groups excluding carboxylic acids is 1. The number of aliphatic carboxylic acids is 1. The molecule has 2 N–H and O–H groups in total. The molecule has 1 atom stereocenters. The van der Waals surface area contributed by atoms with Crippen molar-refractivity contribution in [3.63, 3.8) is 0 Å². The summed E-state index contributed by atoms with van der Waals surface area (Å²) in [5, 5.41) is 11.6. The van der Waals surface area contributed by atoms with Gasteiger partial charge in [-0.05, 0) is 25.2 Å². The molecule has 1 unspecified atom stereocenters. The van der Waals surface area contributed by atoms with Gasteiger partial charge in [0, 0.05) is 6.42 Å². The van der Waals surface area contributed by atoms with Crippen LogP contribution < -0.4 is 5.32 Å². The predicted molar refractivity (Wildman–Crippen MR) is 63.2 cm³/mol. The predicted octanol–water partition coefficient (Wildman–Crippen LogP) is 2.18. The van der Waals surface area contributed by atoms with Crippen molar-refractivity contribution >= 4 is 11.9 Å². The summed E-state index contributed by atoms with van der Waals surface area (Å²) in [4.78, 5) is 22.6. The number of amides is 1. The molecule has 94 valence electrons. The second-order valence-electron chi connectivity index (χ2n) is 5.60. The number of rotatable bonds is 5. The van der Waals surface area contributed by atoms with Crippen LogP contribution >= 0.6 is 0 Å². The molecule has 0 radical (unpaired) electrons. The molecule has 0 aromatic carbocycles. The molecule has 0 saturated heterocycles. The van der Waals surface area contributed by atoms with E-state index in [1.54, 1.807) is 6.92 Å². The first-order chi connectivity index (χ1) is 7.10. The molecule has 0 aliphatic heterocycles. The quantitative estimate of drug-likeness (QED) is 0.759. The number of carbonyl (C=O) groups is 2. The monoisotopic (exact) mass is 229 g/mol. The van der Waals surface area contributed by atoms with E-state index in [4.69, 9.17) is 5.11 Å². The van der Waals surface area contributed by atoms with Crippen LogP contribution in [0.4, 0.5) is 0 Å². The molecular weight excluding hydrogens is 206 g/mol. The third-order valence-electron chi connectivity index (χ3n) is 2.70.